The maximum atomic E-state index is 12.1. The Balaban J connectivity index is 3.02. The van der Waals surface area contributed by atoms with Crippen LogP contribution in [0.3, 0.4) is 0 Å². The molecule has 0 atom stereocenters. The maximum Gasteiger partial charge on any atom is 0.282 e. The second-order valence-electron chi connectivity index (χ2n) is 1.99. The molecule has 1 N–H and O–H groups in total. The summed E-state index contributed by atoms with van der Waals surface area (Å²) in [7, 11) is 1.59. The van der Waals surface area contributed by atoms with Crippen LogP contribution in [-0.2, 0) is 0 Å². The fraction of sp³-hybridized carbons (Fsp3) is 0.286. The predicted molar refractivity (Wildman–Crippen MR) is 38.7 cm³/mol. The van der Waals surface area contributed by atoms with Crippen molar-refractivity contribution < 1.29 is 8.78 Å². The van der Waals surface area contributed by atoms with Crippen LogP contribution in [0.2, 0.25) is 0 Å². The van der Waals surface area contributed by atoms with Crippen LogP contribution in [0.5, 0.6) is 0 Å². The first kappa shape index (κ1) is 7.91. The van der Waals surface area contributed by atoms with E-state index in [2.05, 4.69) is 10.3 Å². The van der Waals surface area contributed by atoms with Crippen molar-refractivity contribution in [3.8, 4) is 0 Å². The van der Waals surface area contributed by atoms with Crippen molar-refractivity contribution in [2.24, 2.45) is 0 Å². The van der Waals surface area contributed by atoms with Gasteiger partial charge in [-0.25, -0.2) is 8.78 Å². The zero-order valence-electron chi connectivity index (χ0n) is 6.01. The minimum atomic E-state index is -2.52. The van der Waals surface area contributed by atoms with Gasteiger partial charge < -0.3 is 5.32 Å². The van der Waals surface area contributed by atoms with Gasteiger partial charge in [-0.3, -0.25) is 4.98 Å². The molecule has 0 fully saturated rings. The Morgan fingerprint density at radius 3 is 2.73 bits per heavy atom. The van der Waals surface area contributed by atoms with Gasteiger partial charge in [0, 0.05) is 13.2 Å². The first-order valence-electron chi connectivity index (χ1n) is 3.16. The molecule has 0 aliphatic rings. The average Bonchev–Trinajstić information content (AvgIpc) is 2.04. The molecule has 0 saturated heterocycles. The largest absolute Gasteiger partial charge is 0.386 e. The van der Waals surface area contributed by atoms with E-state index in [4.69, 9.17) is 0 Å². The smallest absolute Gasteiger partial charge is 0.282 e. The van der Waals surface area contributed by atoms with E-state index in [1.807, 2.05) is 0 Å². The Labute approximate surface area is 63.3 Å². The molecule has 0 aromatic carbocycles. The Hall–Kier alpha value is -1.19. The second kappa shape index (κ2) is 3.27. The van der Waals surface area contributed by atoms with Gasteiger partial charge >= 0.3 is 0 Å². The lowest BCUT2D eigenvalue weighted by Crippen LogP contribution is -1.97. The molecule has 2 nitrogen and oxygen atoms in total. The number of nitrogens with zero attached hydrogens (tertiary/aromatic N) is 1. The topological polar surface area (TPSA) is 24.9 Å². The van der Waals surface area contributed by atoms with E-state index in [9.17, 15) is 8.78 Å². The van der Waals surface area contributed by atoms with E-state index in [1.54, 1.807) is 19.2 Å². The zero-order chi connectivity index (χ0) is 8.27. The van der Waals surface area contributed by atoms with E-state index < -0.39 is 6.43 Å². The van der Waals surface area contributed by atoms with Crippen LogP contribution in [0.25, 0.3) is 0 Å². The van der Waals surface area contributed by atoms with Gasteiger partial charge in [-0.1, -0.05) is 0 Å². The van der Waals surface area contributed by atoms with Gasteiger partial charge in [0.25, 0.3) is 6.43 Å². The van der Waals surface area contributed by atoms with E-state index >= 15 is 0 Å². The van der Waals surface area contributed by atoms with Crippen molar-refractivity contribution in [2.75, 3.05) is 12.4 Å². The first-order valence-corrected chi connectivity index (χ1v) is 3.16. The number of hydrogen-bond acceptors (Lipinski definition) is 2. The molecule has 0 spiro atoms. The lowest BCUT2D eigenvalue weighted by atomic mass is 10.3. The summed E-state index contributed by atoms with van der Waals surface area (Å²) in [4.78, 5) is 3.54. The summed E-state index contributed by atoms with van der Waals surface area (Å²) in [6.45, 7) is 0. The standard InChI is InChI=1S/C7H8F2N2/c1-10-5-3-2-4-11-6(5)7(8)9/h2-4,7,10H,1H3. The maximum absolute atomic E-state index is 12.1. The zero-order valence-corrected chi connectivity index (χ0v) is 6.01. The third kappa shape index (κ3) is 1.63. The third-order valence-electron chi connectivity index (χ3n) is 1.31. The van der Waals surface area contributed by atoms with Crippen LogP contribution in [0.1, 0.15) is 12.1 Å². The van der Waals surface area contributed by atoms with E-state index in [1.165, 1.54) is 6.20 Å². The second-order valence-corrected chi connectivity index (χ2v) is 1.99. The molecule has 60 valence electrons. The van der Waals surface area contributed by atoms with Crippen molar-refractivity contribution in [1.29, 1.82) is 0 Å². The molecular weight excluding hydrogens is 150 g/mol. The molecule has 0 bridgehead atoms. The van der Waals surface area contributed by atoms with Gasteiger partial charge in [-0.05, 0) is 12.1 Å². The quantitative estimate of drug-likeness (QED) is 0.712. The van der Waals surface area contributed by atoms with Crippen LogP contribution in [0, 0.1) is 0 Å². The summed E-state index contributed by atoms with van der Waals surface area (Å²) in [6.07, 6.45) is -1.17. The van der Waals surface area contributed by atoms with Gasteiger partial charge in [0.2, 0.25) is 0 Å². The van der Waals surface area contributed by atoms with Crippen LogP contribution in [-0.4, -0.2) is 12.0 Å². The van der Waals surface area contributed by atoms with E-state index in [-0.39, 0.29) is 5.69 Å². The number of anilines is 1. The Morgan fingerprint density at radius 1 is 1.55 bits per heavy atom. The molecule has 1 aromatic heterocycles. The van der Waals surface area contributed by atoms with Crippen molar-refractivity contribution in [3.63, 3.8) is 0 Å². The van der Waals surface area contributed by atoms with Crippen molar-refractivity contribution in [1.82, 2.24) is 4.98 Å². The number of alkyl halides is 2. The third-order valence-corrected chi connectivity index (χ3v) is 1.31. The van der Waals surface area contributed by atoms with E-state index in [0.717, 1.165) is 0 Å². The predicted octanol–water partition coefficient (Wildman–Crippen LogP) is 2.06. The number of halogens is 2. The normalized spacial score (nSPS) is 10.2. The SMILES string of the molecule is CNc1cccnc1C(F)F. The molecule has 4 heteroatoms. The Bertz CT molecular complexity index is 238. The highest BCUT2D eigenvalue weighted by Crippen LogP contribution is 2.23. The summed E-state index contributed by atoms with van der Waals surface area (Å²) < 4.78 is 24.2. The molecular formula is C7H8F2N2. The highest BCUT2D eigenvalue weighted by atomic mass is 19.3. The molecule has 1 aromatic rings. The monoisotopic (exact) mass is 158 g/mol. The Morgan fingerprint density at radius 2 is 2.27 bits per heavy atom. The molecule has 1 heterocycles. The van der Waals surface area contributed by atoms with Crippen molar-refractivity contribution in [2.45, 2.75) is 6.43 Å². The highest BCUT2D eigenvalue weighted by Gasteiger charge is 2.11. The summed E-state index contributed by atoms with van der Waals surface area (Å²) in [5, 5.41) is 2.63. The van der Waals surface area contributed by atoms with Gasteiger partial charge in [0.05, 0.1) is 5.69 Å². The fourth-order valence-corrected chi connectivity index (χ4v) is 0.803. The molecule has 11 heavy (non-hydrogen) atoms. The summed E-state index contributed by atoms with van der Waals surface area (Å²) in [6, 6.07) is 3.17. The van der Waals surface area contributed by atoms with Crippen molar-refractivity contribution >= 4 is 5.69 Å². The Kier molecular flexibility index (Phi) is 2.36. The number of hydrogen-bond donors (Lipinski definition) is 1. The molecule has 0 amide bonds. The fourth-order valence-electron chi connectivity index (χ4n) is 0.803. The summed E-state index contributed by atoms with van der Waals surface area (Å²) in [5.41, 5.74) is 0.178. The molecule has 0 saturated carbocycles. The molecule has 0 unspecified atom stereocenters. The number of aromatic nitrogens is 1. The minimum absolute atomic E-state index is 0.199. The van der Waals surface area contributed by atoms with Crippen LogP contribution >= 0.6 is 0 Å². The molecule has 0 radical (unpaired) electrons. The first-order chi connectivity index (χ1) is 5.25. The number of pyridine rings is 1. The van der Waals surface area contributed by atoms with Gasteiger partial charge in [0.15, 0.2) is 0 Å². The number of rotatable bonds is 2. The minimum Gasteiger partial charge on any atom is -0.386 e. The average molecular weight is 158 g/mol. The number of nitrogens with one attached hydrogen (secondary N) is 1. The molecule has 1 rings (SSSR count). The van der Waals surface area contributed by atoms with Gasteiger partial charge in [0.1, 0.15) is 5.69 Å². The molecule has 0 aliphatic carbocycles. The lowest BCUT2D eigenvalue weighted by Gasteiger charge is -2.04. The highest BCUT2D eigenvalue weighted by molar-refractivity contribution is 5.47. The summed E-state index contributed by atoms with van der Waals surface area (Å²) in [5.74, 6) is 0. The molecule has 0 aliphatic heterocycles. The van der Waals surface area contributed by atoms with Gasteiger partial charge in [-0.15, -0.1) is 0 Å². The van der Waals surface area contributed by atoms with Gasteiger partial charge in [-0.2, -0.15) is 0 Å². The lowest BCUT2D eigenvalue weighted by molar-refractivity contribution is 0.147. The van der Waals surface area contributed by atoms with Crippen LogP contribution < -0.4 is 5.32 Å². The van der Waals surface area contributed by atoms with Crippen molar-refractivity contribution in [3.05, 3.63) is 24.0 Å². The summed E-state index contributed by atoms with van der Waals surface area (Å²) >= 11 is 0. The van der Waals surface area contributed by atoms with Crippen LogP contribution in [0.4, 0.5) is 14.5 Å². The van der Waals surface area contributed by atoms with E-state index in [0.29, 0.717) is 5.69 Å². The van der Waals surface area contributed by atoms with Crippen LogP contribution in [0.15, 0.2) is 18.3 Å².